The molecule has 0 saturated carbocycles. The van der Waals surface area contributed by atoms with E-state index >= 15 is 0 Å². The van der Waals surface area contributed by atoms with Gasteiger partial charge in [0.15, 0.2) is 15.6 Å². The van der Waals surface area contributed by atoms with E-state index in [9.17, 15) is 18.0 Å². The molecule has 9 heteroatoms. The Morgan fingerprint density at radius 2 is 1.83 bits per heavy atom. The van der Waals surface area contributed by atoms with Gasteiger partial charge < -0.3 is 15.1 Å². The van der Waals surface area contributed by atoms with E-state index in [-0.39, 0.29) is 23.2 Å². The summed E-state index contributed by atoms with van der Waals surface area (Å²) in [5.41, 5.74) is 5.07. The van der Waals surface area contributed by atoms with Crippen LogP contribution < -0.4 is 10.6 Å². The van der Waals surface area contributed by atoms with Crippen LogP contribution in [0.4, 0.5) is 5.00 Å². The zero-order chi connectivity index (χ0) is 25.1. The standard InChI is InChI=1S/C26H30N2O5S2/c1-13-5-6-18-21(9-13)34-26(22(18)24(29)27-17-7-8-35(31,32)12-17)28-25(30)23-16(4)19-10-14(2)15(3)11-20(19)33-23/h10-11,13,17H,5-9,12H2,1-4H3,(H,27,29)(H,28,30). The minimum Gasteiger partial charge on any atom is -0.451 e. The van der Waals surface area contributed by atoms with Crippen molar-refractivity contribution in [2.75, 3.05) is 16.8 Å². The summed E-state index contributed by atoms with van der Waals surface area (Å²) in [6.45, 7) is 8.08. The van der Waals surface area contributed by atoms with Crippen molar-refractivity contribution in [3.63, 3.8) is 0 Å². The van der Waals surface area contributed by atoms with E-state index in [1.165, 1.54) is 11.3 Å². The lowest BCUT2D eigenvalue weighted by Gasteiger charge is -2.19. The zero-order valence-corrected chi connectivity index (χ0v) is 22.0. The number of hydrogen-bond acceptors (Lipinski definition) is 6. The second kappa shape index (κ2) is 8.78. The SMILES string of the molecule is Cc1cc2oc(C(=O)Nc3sc4c(c3C(=O)NC3CCS(=O)(=O)C3)CCC(C)C4)c(C)c2cc1C. The van der Waals surface area contributed by atoms with Crippen LogP contribution in [0.5, 0.6) is 0 Å². The molecule has 1 aliphatic carbocycles. The lowest BCUT2D eigenvalue weighted by Crippen LogP contribution is -2.36. The maximum absolute atomic E-state index is 13.4. The van der Waals surface area contributed by atoms with Gasteiger partial charge in [0, 0.05) is 21.9 Å². The Balaban J connectivity index is 1.48. The summed E-state index contributed by atoms with van der Waals surface area (Å²) in [5.74, 6) is 0.0779. The van der Waals surface area contributed by atoms with Crippen LogP contribution in [0.15, 0.2) is 16.5 Å². The average molecular weight is 515 g/mol. The number of fused-ring (bicyclic) bond motifs is 2. The van der Waals surface area contributed by atoms with E-state index in [0.29, 0.717) is 28.5 Å². The molecule has 3 heterocycles. The van der Waals surface area contributed by atoms with E-state index < -0.39 is 21.8 Å². The molecule has 2 aliphatic rings. The first kappa shape index (κ1) is 24.1. The zero-order valence-electron chi connectivity index (χ0n) is 20.4. The molecule has 2 amide bonds. The third-order valence-electron chi connectivity index (χ3n) is 7.29. The summed E-state index contributed by atoms with van der Waals surface area (Å²) < 4.78 is 29.7. The fourth-order valence-electron chi connectivity index (χ4n) is 5.10. The molecule has 2 unspecified atom stereocenters. The molecule has 1 aromatic carbocycles. The Morgan fingerprint density at radius 1 is 1.09 bits per heavy atom. The fourth-order valence-corrected chi connectivity index (χ4v) is 8.17. The predicted octanol–water partition coefficient (Wildman–Crippen LogP) is 4.71. The van der Waals surface area contributed by atoms with Crippen LogP contribution in [0, 0.1) is 26.7 Å². The third kappa shape index (κ3) is 4.51. The number of benzene rings is 1. The number of amides is 2. The van der Waals surface area contributed by atoms with Crippen molar-refractivity contribution in [1.29, 1.82) is 0 Å². The molecule has 1 saturated heterocycles. The molecular formula is C26H30N2O5S2. The normalized spacial score (nSPS) is 21.1. The van der Waals surface area contributed by atoms with Crippen molar-refractivity contribution in [2.24, 2.45) is 5.92 Å². The highest BCUT2D eigenvalue weighted by Crippen LogP contribution is 2.40. The molecule has 186 valence electrons. The highest BCUT2D eigenvalue weighted by Gasteiger charge is 2.33. The number of furan rings is 1. The first-order chi connectivity index (χ1) is 16.5. The molecule has 35 heavy (non-hydrogen) atoms. The summed E-state index contributed by atoms with van der Waals surface area (Å²) >= 11 is 1.44. The number of carbonyl (C=O) groups is 2. The number of rotatable bonds is 4. The van der Waals surface area contributed by atoms with Gasteiger partial charge in [-0.3, -0.25) is 9.59 Å². The summed E-state index contributed by atoms with van der Waals surface area (Å²) in [6, 6.07) is 3.56. The van der Waals surface area contributed by atoms with Crippen molar-refractivity contribution >= 4 is 49.0 Å². The Bertz CT molecular complexity index is 1460. The van der Waals surface area contributed by atoms with Crippen molar-refractivity contribution in [3.05, 3.63) is 50.6 Å². The van der Waals surface area contributed by atoms with Gasteiger partial charge in [-0.25, -0.2) is 8.42 Å². The van der Waals surface area contributed by atoms with Crippen LogP contribution in [0.1, 0.15) is 67.8 Å². The van der Waals surface area contributed by atoms with Crippen LogP contribution in [0.3, 0.4) is 0 Å². The number of anilines is 1. The van der Waals surface area contributed by atoms with E-state index in [2.05, 4.69) is 17.6 Å². The predicted molar refractivity (Wildman–Crippen MR) is 138 cm³/mol. The minimum absolute atomic E-state index is 0.0409. The number of nitrogens with one attached hydrogen (secondary N) is 2. The first-order valence-corrected chi connectivity index (χ1v) is 14.6. The molecule has 5 rings (SSSR count). The van der Waals surface area contributed by atoms with E-state index in [0.717, 1.165) is 51.8 Å². The molecular weight excluding hydrogens is 484 g/mol. The van der Waals surface area contributed by atoms with Gasteiger partial charge in [-0.1, -0.05) is 6.92 Å². The molecule has 1 fully saturated rings. The Hall–Kier alpha value is -2.65. The summed E-state index contributed by atoms with van der Waals surface area (Å²) in [4.78, 5) is 27.8. The van der Waals surface area contributed by atoms with Gasteiger partial charge in [0.2, 0.25) is 0 Å². The number of sulfone groups is 1. The molecule has 0 spiro atoms. The van der Waals surface area contributed by atoms with E-state index in [1.54, 1.807) is 0 Å². The van der Waals surface area contributed by atoms with Gasteiger partial charge in [-0.05, 0) is 81.2 Å². The number of carbonyl (C=O) groups excluding carboxylic acids is 2. The summed E-state index contributed by atoms with van der Waals surface area (Å²) in [6.07, 6.45) is 3.00. The maximum Gasteiger partial charge on any atom is 0.292 e. The summed E-state index contributed by atoms with van der Waals surface area (Å²) in [7, 11) is -3.12. The Kier molecular flexibility index (Phi) is 6.04. The van der Waals surface area contributed by atoms with Gasteiger partial charge in [-0.15, -0.1) is 11.3 Å². The van der Waals surface area contributed by atoms with Crippen molar-refractivity contribution in [1.82, 2.24) is 5.32 Å². The molecule has 1 aliphatic heterocycles. The first-order valence-electron chi connectivity index (χ1n) is 12.0. The lowest BCUT2D eigenvalue weighted by atomic mass is 9.88. The minimum atomic E-state index is -3.12. The number of thiophene rings is 1. The molecule has 0 radical (unpaired) electrons. The van der Waals surface area contributed by atoms with Gasteiger partial charge in [-0.2, -0.15) is 0 Å². The topological polar surface area (TPSA) is 105 Å². The quantitative estimate of drug-likeness (QED) is 0.524. The van der Waals surface area contributed by atoms with Crippen LogP contribution in [-0.2, 0) is 22.7 Å². The maximum atomic E-state index is 13.4. The molecule has 2 atom stereocenters. The van der Waals surface area contributed by atoms with Gasteiger partial charge >= 0.3 is 0 Å². The smallest absolute Gasteiger partial charge is 0.292 e. The largest absolute Gasteiger partial charge is 0.451 e. The van der Waals surface area contributed by atoms with Crippen molar-refractivity contribution < 1.29 is 22.4 Å². The van der Waals surface area contributed by atoms with E-state index in [4.69, 9.17) is 4.42 Å². The molecule has 0 bridgehead atoms. The second-order valence-electron chi connectivity index (χ2n) is 10.1. The Labute approximate surface area is 209 Å². The number of hydrogen-bond donors (Lipinski definition) is 2. The van der Waals surface area contributed by atoms with Gasteiger partial charge in [0.05, 0.1) is 17.1 Å². The van der Waals surface area contributed by atoms with Gasteiger partial charge in [0.1, 0.15) is 10.6 Å². The van der Waals surface area contributed by atoms with Crippen LogP contribution >= 0.6 is 11.3 Å². The average Bonchev–Trinajstić information content (AvgIpc) is 3.41. The molecule has 7 nitrogen and oxygen atoms in total. The summed E-state index contributed by atoms with van der Waals surface area (Å²) in [5, 5.41) is 7.27. The lowest BCUT2D eigenvalue weighted by molar-refractivity contribution is 0.0941. The highest BCUT2D eigenvalue weighted by molar-refractivity contribution is 7.91. The second-order valence-corrected chi connectivity index (χ2v) is 13.4. The number of aryl methyl sites for hydroxylation is 3. The van der Waals surface area contributed by atoms with Crippen LogP contribution in [0.2, 0.25) is 0 Å². The molecule has 2 N–H and O–H groups in total. The monoisotopic (exact) mass is 514 g/mol. The van der Waals surface area contributed by atoms with E-state index in [1.807, 2.05) is 32.9 Å². The Morgan fingerprint density at radius 3 is 2.54 bits per heavy atom. The highest BCUT2D eigenvalue weighted by atomic mass is 32.2. The van der Waals surface area contributed by atoms with Gasteiger partial charge in [0.25, 0.3) is 11.8 Å². The molecule has 3 aromatic rings. The third-order valence-corrected chi connectivity index (χ3v) is 10.2. The van der Waals surface area contributed by atoms with Crippen molar-refractivity contribution in [2.45, 2.75) is 59.4 Å². The molecule has 2 aromatic heterocycles. The van der Waals surface area contributed by atoms with Crippen LogP contribution in [0.25, 0.3) is 11.0 Å². The fraction of sp³-hybridized carbons (Fsp3) is 0.462. The van der Waals surface area contributed by atoms with Crippen molar-refractivity contribution in [3.8, 4) is 0 Å². The van der Waals surface area contributed by atoms with Crippen LogP contribution in [-0.4, -0.2) is 37.8 Å².